The molecule has 0 N–H and O–H groups in total. The van der Waals surface area contributed by atoms with Crippen molar-refractivity contribution in [1.82, 2.24) is 34.2 Å². The van der Waals surface area contributed by atoms with Gasteiger partial charge in [0.1, 0.15) is 12.2 Å². The molecule has 1 saturated heterocycles. The van der Waals surface area contributed by atoms with Gasteiger partial charge in [0.2, 0.25) is 0 Å². The van der Waals surface area contributed by atoms with E-state index >= 15 is 0 Å². The summed E-state index contributed by atoms with van der Waals surface area (Å²) in [6.07, 6.45) is 14.6. The number of fused-ring (bicyclic) bond motifs is 1. The van der Waals surface area contributed by atoms with Crippen LogP contribution in [0.4, 0.5) is 5.82 Å². The Bertz CT molecular complexity index is 1230. The largest absolute Gasteiger partial charge is 0.498 e. The lowest BCUT2D eigenvalue weighted by atomic mass is 10.1. The van der Waals surface area contributed by atoms with Crippen LogP contribution in [0.2, 0.25) is 0 Å². The van der Waals surface area contributed by atoms with Gasteiger partial charge in [0.15, 0.2) is 17.0 Å². The Labute approximate surface area is 193 Å². The van der Waals surface area contributed by atoms with Crippen molar-refractivity contribution >= 4 is 17.0 Å². The Balaban J connectivity index is 1.16. The molecule has 0 bridgehead atoms. The molecule has 2 fully saturated rings. The summed E-state index contributed by atoms with van der Waals surface area (Å²) in [7, 11) is 3.91. The fourth-order valence-electron chi connectivity index (χ4n) is 4.72. The van der Waals surface area contributed by atoms with E-state index in [1.165, 1.54) is 18.5 Å². The third-order valence-electron chi connectivity index (χ3n) is 6.88. The minimum absolute atomic E-state index is 0.803. The highest BCUT2D eigenvalue weighted by atomic mass is 16.5. The fraction of sp³-hybridized carbons (Fsp3) is 0.500. The summed E-state index contributed by atoms with van der Waals surface area (Å²) < 4.78 is 9.78. The molecule has 0 unspecified atom stereocenters. The average Bonchev–Trinajstić information content (AvgIpc) is 3.49. The topological polar surface area (TPSA) is 77.1 Å². The van der Waals surface area contributed by atoms with Crippen molar-refractivity contribution in [2.75, 3.05) is 37.7 Å². The van der Waals surface area contributed by atoms with E-state index in [1.807, 2.05) is 31.1 Å². The summed E-state index contributed by atoms with van der Waals surface area (Å²) in [5, 5.41) is 4.29. The zero-order chi connectivity index (χ0) is 22.4. The molecule has 0 radical (unpaired) electrons. The number of piperazine rings is 1. The first-order valence-corrected chi connectivity index (χ1v) is 11.8. The SMILES string of the molecule is Cn1cc(-c2nc3c(N4CCN(C5=CC=C(OCC6CC6)CC5)CC4)ncnc3n2C)cn1. The molecule has 9 heteroatoms. The molecule has 4 heterocycles. The molecule has 172 valence electrons. The smallest absolute Gasteiger partial charge is 0.165 e. The minimum Gasteiger partial charge on any atom is -0.498 e. The van der Waals surface area contributed by atoms with E-state index in [1.54, 1.807) is 11.0 Å². The zero-order valence-corrected chi connectivity index (χ0v) is 19.3. The van der Waals surface area contributed by atoms with Crippen LogP contribution in [0, 0.1) is 5.92 Å². The van der Waals surface area contributed by atoms with Gasteiger partial charge in [-0.15, -0.1) is 0 Å². The molecule has 3 aromatic heterocycles. The number of imidazole rings is 1. The average molecular weight is 447 g/mol. The first-order valence-electron chi connectivity index (χ1n) is 11.8. The molecule has 33 heavy (non-hydrogen) atoms. The number of allylic oxidation sites excluding steroid dienone is 4. The van der Waals surface area contributed by atoms with Crippen LogP contribution < -0.4 is 4.90 Å². The summed E-state index contributed by atoms with van der Waals surface area (Å²) in [5.41, 5.74) is 4.09. The monoisotopic (exact) mass is 446 g/mol. The lowest BCUT2D eigenvalue weighted by molar-refractivity contribution is 0.185. The molecule has 9 nitrogen and oxygen atoms in total. The fourth-order valence-corrected chi connectivity index (χ4v) is 4.72. The first kappa shape index (κ1) is 20.3. The molecular weight excluding hydrogens is 416 g/mol. The van der Waals surface area contributed by atoms with Crippen molar-refractivity contribution in [2.24, 2.45) is 20.0 Å². The van der Waals surface area contributed by atoms with Crippen LogP contribution in [0.5, 0.6) is 0 Å². The van der Waals surface area contributed by atoms with Crippen LogP contribution in [-0.2, 0) is 18.8 Å². The molecule has 1 saturated carbocycles. The third-order valence-corrected chi connectivity index (χ3v) is 6.88. The van der Waals surface area contributed by atoms with Gasteiger partial charge >= 0.3 is 0 Å². The molecule has 0 amide bonds. The summed E-state index contributed by atoms with van der Waals surface area (Å²) in [5.74, 6) is 3.72. The van der Waals surface area contributed by atoms with Crippen molar-refractivity contribution in [1.29, 1.82) is 0 Å². The second-order valence-electron chi connectivity index (χ2n) is 9.29. The molecule has 2 aliphatic carbocycles. The standard InChI is InChI=1S/C24H30N8O/c1-29-14-18(13-27-29)22-28-21-23(30(22)2)25-16-26-24(21)32-11-9-31(10-12-32)19-5-7-20(8-6-19)33-15-17-3-4-17/h5,7,13-14,16-17H,3-4,6,8-12,15H2,1-2H3. The highest BCUT2D eigenvalue weighted by Crippen LogP contribution is 2.32. The van der Waals surface area contributed by atoms with Gasteiger partial charge in [-0.25, -0.2) is 15.0 Å². The number of hydrogen-bond acceptors (Lipinski definition) is 7. The van der Waals surface area contributed by atoms with Gasteiger partial charge in [-0.3, -0.25) is 4.68 Å². The predicted octanol–water partition coefficient (Wildman–Crippen LogP) is 2.87. The molecule has 0 spiro atoms. The first-order chi connectivity index (χ1) is 16.2. The van der Waals surface area contributed by atoms with Crippen molar-refractivity contribution in [3.8, 4) is 11.4 Å². The van der Waals surface area contributed by atoms with Crippen LogP contribution in [-0.4, -0.2) is 67.0 Å². The molecule has 0 atom stereocenters. The Hall–Kier alpha value is -3.36. The third kappa shape index (κ3) is 3.96. The van der Waals surface area contributed by atoms with Crippen LogP contribution in [0.25, 0.3) is 22.6 Å². The summed E-state index contributed by atoms with van der Waals surface area (Å²) in [6.45, 7) is 4.68. The normalized spacial score (nSPS) is 19.1. The van der Waals surface area contributed by atoms with Crippen LogP contribution in [0.1, 0.15) is 25.7 Å². The van der Waals surface area contributed by atoms with E-state index < -0.39 is 0 Å². The molecule has 3 aromatic rings. The van der Waals surface area contributed by atoms with Crippen molar-refractivity contribution in [3.63, 3.8) is 0 Å². The van der Waals surface area contributed by atoms with E-state index in [0.29, 0.717) is 0 Å². The maximum absolute atomic E-state index is 5.96. The molecule has 3 aliphatic rings. The highest BCUT2D eigenvalue weighted by molar-refractivity contribution is 5.86. The van der Waals surface area contributed by atoms with E-state index in [9.17, 15) is 0 Å². The Kier molecular flexibility index (Phi) is 5.04. The second kappa shape index (κ2) is 8.20. The van der Waals surface area contributed by atoms with E-state index in [0.717, 1.165) is 85.7 Å². The van der Waals surface area contributed by atoms with Gasteiger partial charge in [0.25, 0.3) is 0 Å². The zero-order valence-electron chi connectivity index (χ0n) is 19.3. The quantitative estimate of drug-likeness (QED) is 0.576. The molecule has 0 aromatic carbocycles. The number of anilines is 1. The van der Waals surface area contributed by atoms with E-state index in [-0.39, 0.29) is 0 Å². The lowest BCUT2D eigenvalue weighted by Gasteiger charge is -2.38. The van der Waals surface area contributed by atoms with Gasteiger partial charge < -0.3 is 19.1 Å². The van der Waals surface area contributed by atoms with Crippen LogP contribution in [0.15, 0.2) is 42.3 Å². The molecule has 1 aliphatic heterocycles. The van der Waals surface area contributed by atoms with Crippen molar-refractivity contribution in [2.45, 2.75) is 25.7 Å². The maximum Gasteiger partial charge on any atom is 0.165 e. The van der Waals surface area contributed by atoms with Crippen molar-refractivity contribution < 1.29 is 4.74 Å². The molecular formula is C24H30N8O. The minimum atomic E-state index is 0.803. The number of rotatable bonds is 6. The Morgan fingerprint density at radius 3 is 2.52 bits per heavy atom. The number of hydrogen-bond donors (Lipinski definition) is 0. The Morgan fingerprint density at radius 2 is 1.82 bits per heavy atom. The number of nitrogens with zero attached hydrogens (tertiary/aromatic N) is 8. The summed E-state index contributed by atoms with van der Waals surface area (Å²) >= 11 is 0. The Morgan fingerprint density at radius 1 is 1.00 bits per heavy atom. The van der Waals surface area contributed by atoms with E-state index in [4.69, 9.17) is 9.72 Å². The van der Waals surface area contributed by atoms with Gasteiger partial charge in [0.05, 0.1) is 24.1 Å². The summed E-state index contributed by atoms with van der Waals surface area (Å²) in [4.78, 5) is 18.9. The van der Waals surface area contributed by atoms with Crippen molar-refractivity contribution in [3.05, 3.63) is 42.3 Å². The summed E-state index contributed by atoms with van der Waals surface area (Å²) in [6, 6.07) is 0. The van der Waals surface area contributed by atoms with E-state index in [2.05, 4.69) is 37.0 Å². The highest BCUT2D eigenvalue weighted by Gasteiger charge is 2.26. The van der Waals surface area contributed by atoms with Crippen LogP contribution in [0.3, 0.4) is 0 Å². The maximum atomic E-state index is 5.96. The predicted molar refractivity (Wildman–Crippen MR) is 126 cm³/mol. The second-order valence-corrected chi connectivity index (χ2v) is 9.29. The molecule has 6 rings (SSSR count). The van der Waals surface area contributed by atoms with Gasteiger partial charge in [0, 0.05) is 58.6 Å². The van der Waals surface area contributed by atoms with Gasteiger partial charge in [-0.2, -0.15) is 5.10 Å². The lowest BCUT2D eigenvalue weighted by Crippen LogP contribution is -2.46. The van der Waals surface area contributed by atoms with Gasteiger partial charge in [-0.1, -0.05) is 0 Å². The number of ether oxygens (including phenoxy) is 1. The number of aryl methyl sites for hydroxylation is 2. The van der Waals surface area contributed by atoms with Gasteiger partial charge in [-0.05, 0) is 37.3 Å². The number of aromatic nitrogens is 6. The van der Waals surface area contributed by atoms with Crippen LogP contribution >= 0.6 is 0 Å².